The molecule has 3 nitrogen and oxygen atoms in total. The van der Waals surface area contributed by atoms with Crippen LogP contribution in [0.25, 0.3) is 5.70 Å². The van der Waals surface area contributed by atoms with Crippen molar-refractivity contribution in [1.29, 1.82) is 0 Å². The summed E-state index contributed by atoms with van der Waals surface area (Å²) in [6.07, 6.45) is 0. The molecule has 0 spiro atoms. The Labute approximate surface area is 120 Å². The van der Waals surface area contributed by atoms with Gasteiger partial charge in [0, 0.05) is 7.05 Å². The molecule has 0 N–H and O–H groups in total. The Kier molecular flexibility index (Phi) is 3.95. The summed E-state index contributed by atoms with van der Waals surface area (Å²) >= 11 is 0. The first-order chi connectivity index (χ1) is 9.44. The van der Waals surface area contributed by atoms with E-state index in [1.165, 1.54) is 11.4 Å². The normalized spacial score (nSPS) is 11.1. The first kappa shape index (κ1) is 14.3. The maximum atomic E-state index is 12.6. The molecule has 104 valence electrons. The number of rotatable bonds is 4. The van der Waals surface area contributed by atoms with Crippen LogP contribution < -0.4 is 0 Å². The predicted octanol–water partition coefficient (Wildman–Crippen LogP) is 3.29. The maximum absolute atomic E-state index is 12.6. The Balaban J connectivity index is 2.41. The number of hydrogen-bond donors (Lipinski definition) is 0. The van der Waals surface area contributed by atoms with E-state index < -0.39 is 10.0 Å². The molecule has 0 saturated heterocycles. The highest BCUT2D eigenvalue weighted by atomic mass is 32.2. The van der Waals surface area contributed by atoms with Crippen molar-refractivity contribution in [1.82, 2.24) is 4.31 Å². The topological polar surface area (TPSA) is 37.4 Å². The van der Waals surface area contributed by atoms with Crippen LogP contribution in [0.2, 0.25) is 0 Å². The summed E-state index contributed by atoms with van der Waals surface area (Å²) in [5, 5.41) is 0. The fourth-order valence-corrected chi connectivity index (χ4v) is 3.37. The summed E-state index contributed by atoms with van der Waals surface area (Å²) < 4.78 is 26.5. The van der Waals surface area contributed by atoms with Gasteiger partial charge >= 0.3 is 0 Å². The Morgan fingerprint density at radius 2 is 1.55 bits per heavy atom. The number of nitrogens with zero attached hydrogens (tertiary/aromatic N) is 1. The van der Waals surface area contributed by atoms with Gasteiger partial charge in [0.15, 0.2) is 0 Å². The first-order valence-corrected chi connectivity index (χ1v) is 7.67. The third kappa shape index (κ3) is 2.60. The van der Waals surface area contributed by atoms with Crippen molar-refractivity contribution in [2.75, 3.05) is 7.05 Å². The number of aryl methyl sites for hydroxylation is 1. The zero-order valence-electron chi connectivity index (χ0n) is 11.6. The van der Waals surface area contributed by atoms with E-state index in [4.69, 9.17) is 0 Å². The Bertz CT molecular complexity index is 721. The average Bonchev–Trinajstić information content (AvgIpc) is 2.47. The average molecular weight is 287 g/mol. The molecule has 0 radical (unpaired) electrons. The van der Waals surface area contributed by atoms with E-state index >= 15 is 0 Å². The molecule has 0 aliphatic carbocycles. The lowest BCUT2D eigenvalue weighted by molar-refractivity contribution is 0.546. The minimum Gasteiger partial charge on any atom is -0.269 e. The molecule has 0 fully saturated rings. The van der Waals surface area contributed by atoms with Crippen LogP contribution in [0.15, 0.2) is 66.1 Å². The lowest BCUT2D eigenvalue weighted by Crippen LogP contribution is -2.25. The van der Waals surface area contributed by atoms with E-state index in [1.807, 2.05) is 36.4 Å². The van der Waals surface area contributed by atoms with Crippen molar-refractivity contribution in [2.24, 2.45) is 0 Å². The molecule has 0 atom stereocenters. The molecule has 0 saturated carbocycles. The molecule has 2 aromatic rings. The second-order valence-corrected chi connectivity index (χ2v) is 6.49. The summed E-state index contributed by atoms with van der Waals surface area (Å²) in [5.74, 6) is 0. The molecule has 0 amide bonds. The highest BCUT2D eigenvalue weighted by Crippen LogP contribution is 2.25. The molecule has 2 rings (SSSR count). The Hall–Kier alpha value is -2.07. The molecule has 0 bridgehead atoms. The third-order valence-electron chi connectivity index (χ3n) is 3.22. The number of benzene rings is 2. The second kappa shape index (κ2) is 5.51. The van der Waals surface area contributed by atoms with Crippen molar-refractivity contribution in [3.05, 3.63) is 72.3 Å². The van der Waals surface area contributed by atoms with Gasteiger partial charge in [0.1, 0.15) is 0 Å². The largest absolute Gasteiger partial charge is 0.269 e. The van der Waals surface area contributed by atoms with E-state index in [-0.39, 0.29) is 0 Å². The van der Waals surface area contributed by atoms with Gasteiger partial charge in [-0.1, -0.05) is 55.1 Å². The summed E-state index contributed by atoms with van der Waals surface area (Å²) in [7, 11) is -2.06. The van der Waals surface area contributed by atoms with Gasteiger partial charge in [0.05, 0.1) is 10.6 Å². The van der Waals surface area contributed by atoms with Crippen molar-refractivity contribution in [2.45, 2.75) is 11.8 Å². The van der Waals surface area contributed by atoms with Gasteiger partial charge in [-0.15, -0.1) is 0 Å². The monoisotopic (exact) mass is 287 g/mol. The zero-order chi connectivity index (χ0) is 14.8. The van der Waals surface area contributed by atoms with Crippen LogP contribution in [0, 0.1) is 6.92 Å². The van der Waals surface area contributed by atoms with Gasteiger partial charge in [-0.05, 0) is 24.1 Å². The summed E-state index contributed by atoms with van der Waals surface area (Å²) in [6.45, 7) is 5.68. The van der Waals surface area contributed by atoms with Crippen molar-refractivity contribution < 1.29 is 8.42 Å². The molecule has 0 aliphatic heterocycles. The molecular formula is C16H17NO2S. The van der Waals surface area contributed by atoms with Crippen LogP contribution in [0.5, 0.6) is 0 Å². The molecule has 0 aliphatic rings. The Morgan fingerprint density at radius 3 is 2.15 bits per heavy atom. The quantitative estimate of drug-likeness (QED) is 0.865. The summed E-state index contributed by atoms with van der Waals surface area (Å²) in [6, 6.07) is 16.2. The number of sulfonamides is 1. The van der Waals surface area contributed by atoms with E-state index in [2.05, 4.69) is 6.58 Å². The van der Waals surface area contributed by atoms with Crippen LogP contribution in [-0.2, 0) is 10.0 Å². The summed E-state index contributed by atoms with van der Waals surface area (Å²) in [4.78, 5) is 0.305. The smallest absolute Gasteiger partial charge is 0.264 e. The van der Waals surface area contributed by atoms with Crippen LogP contribution in [0.4, 0.5) is 0 Å². The standard InChI is InChI=1S/C16H17NO2S/c1-13-9-7-8-12-16(13)20(18,19)17(3)14(2)15-10-5-4-6-11-15/h4-12H,2H2,1,3H3. The highest BCUT2D eigenvalue weighted by molar-refractivity contribution is 7.89. The van der Waals surface area contributed by atoms with E-state index in [1.54, 1.807) is 25.1 Å². The molecule has 0 heterocycles. The maximum Gasteiger partial charge on any atom is 0.264 e. The number of hydrogen-bond acceptors (Lipinski definition) is 2. The van der Waals surface area contributed by atoms with E-state index in [0.717, 1.165) is 11.1 Å². The lowest BCUT2D eigenvalue weighted by Gasteiger charge is -2.22. The molecular weight excluding hydrogens is 270 g/mol. The fourth-order valence-electron chi connectivity index (χ4n) is 1.95. The SMILES string of the molecule is C=C(c1ccccc1)N(C)S(=O)(=O)c1ccccc1C. The summed E-state index contributed by atoms with van der Waals surface area (Å²) in [5.41, 5.74) is 1.96. The molecule has 0 unspecified atom stereocenters. The fraction of sp³-hybridized carbons (Fsp3) is 0.125. The van der Waals surface area contributed by atoms with E-state index in [0.29, 0.717) is 10.6 Å². The van der Waals surface area contributed by atoms with Gasteiger partial charge < -0.3 is 0 Å². The zero-order valence-corrected chi connectivity index (χ0v) is 12.4. The van der Waals surface area contributed by atoms with Gasteiger partial charge in [-0.2, -0.15) is 0 Å². The predicted molar refractivity (Wildman–Crippen MR) is 81.6 cm³/mol. The second-order valence-electron chi connectivity index (χ2n) is 4.55. The third-order valence-corrected chi connectivity index (χ3v) is 5.17. The lowest BCUT2D eigenvalue weighted by atomic mass is 10.2. The van der Waals surface area contributed by atoms with Gasteiger partial charge in [-0.3, -0.25) is 4.31 Å². The van der Waals surface area contributed by atoms with Crippen LogP contribution in [-0.4, -0.2) is 19.8 Å². The molecule has 20 heavy (non-hydrogen) atoms. The highest BCUT2D eigenvalue weighted by Gasteiger charge is 2.23. The molecule has 4 heteroatoms. The van der Waals surface area contributed by atoms with Crippen LogP contribution >= 0.6 is 0 Å². The van der Waals surface area contributed by atoms with E-state index in [9.17, 15) is 8.42 Å². The molecule has 0 aromatic heterocycles. The molecule has 2 aromatic carbocycles. The van der Waals surface area contributed by atoms with Crippen LogP contribution in [0.1, 0.15) is 11.1 Å². The van der Waals surface area contributed by atoms with Gasteiger partial charge in [-0.25, -0.2) is 8.42 Å². The van der Waals surface area contributed by atoms with Gasteiger partial charge in [0.2, 0.25) is 0 Å². The first-order valence-electron chi connectivity index (χ1n) is 6.23. The van der Waals surface area contributed by atoms with Crippen molar-refractivity contribution in [3.63, 3.8) is 0 Å². The minimum atomic E-state index is -3.58. The van der Waals surface area contributed by atoms with Crippen molar-refractivity contribution in [3.8, 4) is 0 Å². The van der Waals surface area contributed by atoms with Crippen molar-refractivity contribution >= 4 is 15.7 Å². The van der Waals surface area contributed by atoms with Gasteiger partial charge in [0.25, 0.3) is 10.0 Å². The minimum absolute atomic E-state index is 0.305. The van der Waals surface area contributed by atoms with Crippen LogP contribution in [0.3, 0.4) is 0 Å². The Morgan fingerprint density at radius 1 is 1.00 bits per heavy atom.